The minimum Gasteiger partial charge on any atom is -0.494 e. The first kappa shape index (κ1) is 92.7. The summed E-state index contributed by atoms with van der Waals surface area (Å²) in [6.45, 7) is 1.45. The summed E-state index contributed by atoms with van der Waals surface area (Å²) in [6.07, 6.45) is -5.94. The fourth-order valence-electron chi connectivity index (χ4n) is 13.4. The molecule has 0 amide bonds. The van der Waals surface area contributed by atoms with Crippen LogP contribution in [0.5, 0.6) is 5.75 Å². The van der Waals surface area contributed by atoms with E-state index in [0.717, 1.165) is 27.6 Å². The van der Waals surface area contributed by atoms with Gasteiger partial charge in [-0.2, -0.15) is 0 Å². The molecule has 0 saturated carbocycles. The van der Waals surface area contributed by atoms with Gasteiger partial charge < -0.3 is 160 Å². The molecule has 9 unspecified atom stereocenters. The minimum absolute atomic E-state index is 0. The molecule has 4 aliphatic heterocycles. The second kappa shape index (κ2) is 46.3. The van der Waals surface area contributed by atoms with Crippen LogP contribution < -0.4 is 106 Å². The molecule has 9 aromatic carbocycles. The Morgan fingerprint density at radius 3 is 0.991 bits per heavy atom. The van der Waals surface area contributed by atoms with E-state index in [0.29, 0.717) is 99.1 Å². The van der Waals surface area contributed by atoms with Crippen LogP contribution in [0.1, 0.15) is 111 Å². The number of aliphatic hydroxyl groups excluding tert-OH is 7. The lowest BCUT2D eigenvalue weighted by Gasteiger charge is -2.34. The molecule has 9 atom stereocenters. The quantitative estimate of drug-likeness (QED) is 0.0153. The molecule has 0 aromatic heterocycles. The normalized spacial score (nSPS) is 16.7. The number of hydrogen-bond donors (Lipinski definition) is 21. The Labute approximate surface area is 671 Å². The zero-order valence-electron chi connectivity index (χ0n) is 63.3. The summed E-state index contributed by atoms with van der Waals surface area (Å²) in [5.74, 6) is 0.597. The average Bonchev–Trinajstić information content (AvgIpc) is 1.74. The van der Waals surface area contributed by atoms with Gasteiger partial charge in [-0.1, -0.05) is 206 Å². The van der Waals surface area contributed by atoms with Gasteiger partial charge in [0.1, 0.15) is 5.75 Å². The van der Waals surface area contributed by atoms with Crippen molar-refractivity contribution in [3.05, 3.63) is 262 Å². The van der Waals surface area contributed by atoms with E-state index in [1.54, 1.807) is 133 Å². The molecule has 31 nitrogen and oxygen atoms in total. The zero-order chi connectivity index (χ0) is 82.0. The van der Waals surface area contributed by atoms with Crippen molar-refractivity contribution in [1.82, 2.24) is 0 Å². The van der Waals surface area contributed by atoms with Crippen molar-refractivity contribution >= 4 is 113 Å². The first-order valence-corrected chi connectivity index (χ1v) is 37.3. The van der Waals surface area contributed by atoms with Crippen LogP contribution in [0, 0.1) is 0 Å². The number of fused-ring (bicyclic) bond motifs is 3. The molecule has 0 bridgehead atoms. The number of hydrogen-bond acceptors (Lipinski definition) is 30. The Kier molecular flexibility index (Phi) is 37.3. The van der Waals surface area contributed by atoms with E-state index in [1.807, 2.05) is 78.9 Å². The van der Waals surface area contributed by atoms with Crippen LogP contribution in [0.3, 0.4) is 0 Å². The third kappa shape index (κ3) is 23.5. The van der Waals surface area contributed by atoms with Gasteiger partial charge in [0.05, 0.1) is 61.5 Å². The summed E-state index contributed by atoms with van der Waals surface area (Å²) in [5.41, 5.74) is 61.3. The van der Waals surface area contributed by atoms with Crippen LogP contribution in [-0.4, -0.2) is 203 Å². The Hall–Kier alpha value is -7.84. The maximum atomic E-state index is 11.0. The largest absolute Gasteiger partial charge is 0.495 e. The Bertz CT molecular complexity index is 4180. The monoisotopic (exact) mass is 1580 g/mol. The lowest BCUT2D eigenvalue weighted by molar-refractivity contribution is 0.186. The summed E-state index contributed by atoms with van der Waals surface area (Å²) in [7, 11) is -10.1. The van der Waals surface area contributed by atoms with Gasteiger partial charge >= 0.3 is 64.1 Å². The second-order valence-electron chi connectivity index (χ2n) is 26.6. The standard InChI is InChI=1S/C24H32B3N3O7.C24H30B3N3O6.C11H16BNO4.2C8H10BNO2.H2O/c28-13-22(31)16-7-1-4-10-19(16)25(34)36-27(21-12-6-3-9-18(21)24(33)15-30)37-26(35)20-11-5-2-8-17(20)23(32)14-29;28-13-22(31)16-7-1-4-10-19(16)25-34-26(20-11-5-2-8-17(20)23(32)14-29)36-27(35-25)21-12-6-3-9-18(21)24(33)15-30;13-7-10-8-3-1-4-9(16-6-2-5-14)11(8)12(15)17-10;2*10-5-8-6-3-1-2-4-7(6)9(11)12-8;/h1-12,22-24,31-35H,13-15,28-30H2;1-12,22-24,31-33H,13-15,28-30H2;1,3-4,10,14-15H,2,5-7,13H2;2*1-4,8,11H,5,10H2;1H2. The third-order valence-corrected chi connectivity index (χ3v) is 19.3. The van der Waals surface area contributed by atoms with Crippen LogP contribution in [-0.2, 0) is 36.8 Å². The maximum absolute atomic E-state index is 11.0. The highest BCUT2D eigenvalue weighted by Gasteiger charge is 2.47. The maximum Gasteiger partial charge on any atom is 0.495 e. The van der Waals surface area contributed by atoms with Gasteiger partial charge in [0.2, 0.25) is 0 Å². The van der Waals surface area contributed by atoms with Gasteiger partial charge in [-0.05, 0) is 99.8 Å². The molecule has 32 N–H and O–H groups in total. The third-order valence-electron chi connectivity index (χ3n) is 19.3. The molecule has 0 aliphatic carbocycles. The van der Waals surface area contributed by atoms with E-state index in [2.05, 4.69) is 0 Å². The topological polar surface area (TPSA) is 592 Å². The Balaban J connectivity index is 0.000000194. The van der Waals surface area contributed by atoms with E-state index >= 15 is 0 Å². The molecule has 13 rings (SSSR count). The summed E-state index contributed by atoms with van der Waals surface area (Å²) in [4.78, 5) is 0. The summed E-state index contributed by atoms with van der Waals surface area (Å²) in [5, 5.41) is 122. The predicted molar refractivity (Wildman–Crippen MR) is 447 cm³/mol. The van der Waals surface area contributed by atoms with Gasteiger partial charge in [0, 0.05) is 77.4 Å². The van der Waals surface area contributed by atoms with Gasteiger partial charge in [-0.15, -0.1) is 0 Å². The van der Waals surface area contributed by atoms with Crippen molar-refractivity contribution < 1.29 is 108 Å². The molecule has 1 fully saturated rings. The van der Waals surface area contributed by atoms with Gasteiger partial charge in [0.15, 0.2) is 0 Å². The smallest absolute Gasteiger partial charge is 0.494 e. The molecule has 40 heteroatoms. The highest BCUT2D eigenvalue weighted by Crippen LogP contribution is 2.28. The van der Waals surface area contributed by atoms with Crippen LogP contribution >= 0.6 is 0 Å². The van der Waals surface area contributed by atoms with E-state index in [1.165, 1.54) is 0 Å². The fourth-order valence-corrected chi connectivity index (χ4v) is 13.4. The highest BCUT2D eigenvalue weighted by atomic mass is 16.7. The van der Waals surface area contributed by atoms with E-state index in [9.17, 15) is 55.8 Å². The molecule has 604 valence electrons. The molecule has 4 heterocycles. The lowest BCUT2D eigenvalue weighted by Crippen LogP contribution is -2.63. The first-order chi connectivity index (χ1) is 55.2. The molecular formula is C75H100B9N9O22. The number of nitrogens with two attached hydrogens (primary N) is 9. The highest BCUT2D eigenvalue weighted by molar-refractivity contribution is 6.87. The van der Waals surface area contributed by atoms with Crippen LogP contribution in [0.2, 0.25) is 0 Å². The lowest BCUT2D eigenvalue weighted by atomic mass is 9.59. The summed E-state index contributed by atoms with van der Waals surface area (Å²) >= 11 is 0. The second-order valence-corrected chi connectivity index (χ2v) is 26.6. The van der Waals surface area contributed by atoms with Crippen LogP contribution in [0.4, 0.5) is 0 Å². The molecule has 0 radical (unpaired) electrons. The van der Waals surface area contributed by atoms with Crippen molar-refractivity contribution in [3.63, 3.8) is 0 Å². The summed E-state index contributed by atoms with van der Waals surface area (Å²) < 4.78 is 51.9. The van der Waals surface area contributed by atoms with Gasteiger partial charge in [0.25, 0.3) is 0 Å². The molecule has 115 heavy (non-hydrogen) atoms. The van der Waals surface area contributed by atoms with Crippen molar-refractivity contribution in [1.29, 1.82) is 0 Å². The zero-order valence-corrected chi connectivity index (χ0v) is 63.3. The van der Waals surface area contributed by atoms with Crippen molar-refractivity contribution in [2.24, 2.45) is 51.6 Å². The number of rotatable bonds is 29. The number of aliphatic hydroxyl groups is 7. The van der Waals surface area contributed by atoms with Crippen LogP contribution in [0.15, 0.2) is 212 Å². The van der Waals surface area contributed by atoms with Crippen LogP contribution in [0.25, 0.3) is 0 Å². The molecule has 1 saturated heterocycles. The number of benzene rings is 9. The predicted octanol–water partition coefficient (Wildman–Crippen LogP) is -7.47. The molecule has 9 aromatic rings. The van der Waals surface area contributed by atoms with E-state index in [4.69, 9.17) is 98.3 Å². The van der Waals surface area contributed by atoms with Crippen molar-refractivity contribution in [2.75, 3.05) is 72.1 Å². The van der Waals surface area contributed by atoms with Crippen molar-refractivity contribution in [2.45, 2.75) is 61.4 Å². The van der Waals surface area contributed by atoms with Gasteiger partial charge in [-0.25, -0.2) is 0 Å². The van der Waals surface area contributed by atoms with E-state index in [-0.39, 0.29) is 80.6 Å². The number of ether oxygens (including phenoxy) is 1. The Morgan fingerprint density at radius 1 is 0.348 bits per heavy atom. The molecule has 4 aliphatic rings. The minimum atomic E-state index is -1.61. The average molecular weight is 1580 g/mol. The molecular weight excluding hydrogens is 1480 g/mol. The molecule has 0 spiro atoms. The van der Waals surface area contributed by atoms with Crippen molar-refractivity contribution in [3.8, 4) is 5.75 Å². The first-order valence-electron chi connectivity index (χ1n) is 37.3. The van der Waals surface area contributed by atoms with Gasteiger partial charge in [-0.3, -0.25) is 0 Å². The SMILES string of the molecule is NCC(O)c1ccccc1B(O)OB(OB(O)c1ccccc1C(O)CN)c1ccccc1C(O)CN.NCC(O)c1ccccc1B1OB(c2ccccc2C(O)CN)OB(c2ccccc2C(O)CN)O1.NCC1OB(O)c2c(OCCCO)cccc21.NCC1OB(O)c2ccccc21.NCC1OB(O)c2ccccc21.O. The van der Waals surface area contributed by atoms with E-state index < -0.39 is 101 Å². The fraction of sp³-hybridized carbons (Fsp3) is 0.280. The Morgan fingerprint density at radius 2 is 0.635 bits per heavy atom. The summed E-state index contributed by atoms with van der Waals surface area (Å²) in [6, 6.07) is 61.8.